The molecule has 0 fully saturated rings. The van der Waals surface area contributed by atoms with E-state index in [1.165, 1.54) is 5.57 Å². The normalized spacial score (nSPS) is 10.5. The number of carbonyl (C=O) groups excluding carboxylic acids is 1. The van der Waals surface area contributed by atoms with Gasteiger partial charge in [-0.1, -0.05) is 36.4 Å². The highest BCUT2D eigenvalue weighted by Gasteiger charge is 2.17. The fourth-order valence-electron chi connectivity index (χ4n) is 3.64. The lowest BCUT2D eigenvalue weighted by molar-refractivity contribution is 0.0946. The first kappa shape index (κ1) is 24.0. The van der Waals surface area contributed by atoms with Crippen LogP contribution in [0.1, 0.15) is 29.9 Å². The number of benzene rings is 2. The van der Waals surface area contributed by atoms with Gasteiger partial charge in [-0.15, -0.1) is 0 Å². The zero-order valence-corrected chi connectivity index (χ0v) is 19.8. The van der Waals surface area contributed by atoms with Gasteiger partial charge in [-0.2, -0.15) is 0 Å². The van der Waals surface area contributed by atoms with Crippen LogP contribution in [0, 0.1) is 0 Å². The molecule has 0 aliphatic rings. The van der Waals surface area contributed by atoms with Crippen molar-refractivity contribution >= 4 is 16.8 Å². The first-order valence-electron chi connectivity index (χ1n) is 11.0. The van der Waals surface area contributed by atoms with Crippen LogP contribution in [-0.4, -0.2) is 37.8 Å². The van der Waals surface area contributed by atoms with Gasteiger partial charge in [0.05, 0.1) is 19.7 Å². The van der Waals surface area contributed by atoms with E-state index in [0.717, 1.165) is 22.2 Å². The maximum atomic E-state index is 13.2. The molecular formula is C27H32N2O4. The van der Waals surface area contributed by atoms with E-state index in [1.54, 1.807) is 20.3 Å². The second-order valence-electron chi connectivity index (χ2n) is 7.91. The van der Waals surface area contributed by atoms with E-state index in [2.05, 4.69) is 18.0 Å². The second kappa shape index (κ2) is 11.3. The van der Waals surface area contributed by atoms with E-state index in [4.69, 9.17) is 14.2 Å². The van der Waals surface area contributed by atoms with Crippen molar-refractivity contribution in [3.8, 4) is 17.2 Å². The Labute approximate surface area is 195 Å². The molecule has 3 aromatic rings. The van der Waals surface area contributed by atoms with Gasteiger partial charge in [0.15, 0.2) is 11.5 Å². The fourth-order valence-corrected chi connectivity index (χ4v) is 3.64. The number of fused-ring (bicyclic) bond motifs is 1. The molecule has 0 bridgehead atoms. The molecule has 0 aliphatic carbocycles. The van der Waals surface area contributed by atoms with Crippen LogP contribution in [0.15, 0.2) is 66.8 Å². The summed E-state index contributed by atoms with van der Waals surface area (Å²) in [6, 6.07) is 13.5. The van der Waals surface area contributed by atoms with Gasteiger partial charge in [0.2, 0.25) is 0 Å². The highest BCUT2D eigenvalue weighted by atomic mass is 16.5. The van der Waals surface area contributed by atoms with E-state index in [1.807, 2.05) is 60.9 Å². The number of nitrogens with one attached hydrogen (secondary N) is 1. The molecule has 1 aromatic heterocycles. The Morgan fingerprint density at radius 3 is 2.55 bits per heavy atom. The fraction of sp³-hybridized carbons (Fsp3) is 0.296. The van der Waals surface area contributed by atoms with Gasteiger partial charge < -0.3 is 24.1 Å². The summed E-state index contributed by atoms with van der Waals surface area (Å²) in [5, 5.41) is 3.96. The Balaban J connectivity index is 1.82. The Hall–Kier alpha value is -3.67. The van der Waals surface area contributed by atoms with E-state index < -0.39 is 0 Å². The Kier molecular flexibility index (Phi) is 8.19. The van der Waals surface area contributed by atoms with Gasteiger partial charge in [0, 0.05) is 18.5 Å². The minimum atomic E-state index is -0.122. The second-order valence-corrected chi connectivity index (χ2v) is 7.91. The van der Waals surface area contributed by atoms with Crippen LogP contribution in [-0.2, 0) is 13.0 Å². The number of hydrogen-bond acceptors (Lipinski definition) is 4. The van der Waals surface area contributed by atoms with Gasteiger partial charge in [-0.3, -0.25) is 4.79 Å². The summed E-state index contributed by atoms with van der Waals surface area (Å²) < 4.78 is 18.5. The molecule has 0 spiro atoms. The van der Waals surface area contributed by atoms with Crippen LogP contribution in [0.4, 0.5) is 0 Å². The summed E-state index contributed by atoms with van der Waals surface area (Å²) in [7, 11) is 3.22. The molecule has 1 N–H and O–H groups in total. The van der Waals surface area contributed by atoms with Gasteiger partial charge >= 0.3 is 0 Å². The van der Waals surface area contributed by atoms with Gasteiger partial charge in [-0.05, 0) is 56.2 Å². The molecule has 174 valence electrons. The van der Waals surface area contributed by atoms with Crippen molar-refractivity contribution < 1.29 is 19.0 Å². The van der Waals surface area contributed by atoms with Gasteiger partial charge in [0.1, 0.15) is 18.1 Å². The number of rotatable bonds is 11. The number of aromatic nitrogens is 1. The molecular weight excluding hydrogens is 416 g/mol. The summed E-state index contributed by atoms with van der Waals surface area (Å²) in [6.07, 6.45) is 4.49. The highest BCUT2D eigenvalue weighted by molar-refractivity contribution is 6.00. The monoisotopic (exact) mass is 448 g/mol. The Bertz CT molecular complexity index is 1160. The van der Waals surface area contributed by atoms with E-state index >= 15 is 0 Å². The minimum absolute atomic E-state index is 0.122. The predicted octanol–water partition coefficient (Wildman–Crippen LogP) is 5.16. The number of carbonyl (C=O) groups is 1. The van der Waals surface area contributed by atoms with Crippen LogP contribution in [0.2, 0.25) is 0 Å². The van der Waals surface area contributed by atoms with Crippen molar-refractivity contribution in [3.63, 3.8) is 0 Å². The average molecular weight is 449 g/mol. The van der Waals surface area contributed by atoms with Gasteiger partial charge in [0.25, 0.3) is 5.91 Å². The summed E-state index contributed by atoms with van der Waals surface area (Å²) in [5.74, 6) is 1.98. The van der Waals surface area contributed by atoms with Crippen molar-refractivity contribution in [1.82, 2.24) is 9.88 Å². The standard InChI is InChI=1S/C27H32N2O4/c1-6-16-33-24-9-7-8-22-21(24)18-23(29(22)15-13-19(2)3)27(30)28-14-12-20-10-11-25(31-4)26(17-20)32-5/h6-11,13,17-18H,1,12,14-16H2,2-5H3,(H,28,30). The third kappa shape index (κ3) is 5.77. The largest absolute Gasteiger partial charge is 0.493 e. The maximum absolute atomic E-state index is 13.2. The molecule has 0 saturated carbocycles. The summed E-state index contributed by atoms with van der Waals surface area (Å²) in [5.41, 5.74) is 3.80. The molecule has 2 aromatic carbocycles. The third-order valence-electron chi connectivity index (χ3n) is 5.32. The number of methoxy groups -OCH3 is 2. The zero-order chi connectivity index (χ0) is 23.8. The smallest absolute Gasteiger partial charge is 0.267 e. The first-order valence-corrected chi connectivity index (χ1v) is 11.0. The van der Waals surface area contributed by atoms with Crippen LogP contribution < -0.4 is 19.5 Å². The molecule has 1 heterocycles. The minimum Gasteiger partial charge on any atom is -0.493 e. The molecule has 0 atom stereocenters. The van der Waals surface area contributed by atoms with E-state index in [9.17, 15) is 4.79 Å². The van der Waals surface area contributed by atoms with Crippen LogP contribution in [0.5, 0.6) is 17.2 Å². The van der Waals surface area contributed by atoms with Crippen molar-refractivity contribution in [2.75, 3.05) is 27.4 Å². The van der Waals surface area contributed by atoms with Gasteiger partial charge in [-0.25, -0.2) is 0 Å². The first-order chi connectivity index (χ1) is 16.0. The summed E-state index contributed by atoms with van der Waals surface area (Å²) in [6.45, 7) is 9.33. The molecule has 0 radical (unpaired) electrons. The lowest BCUT2D eigenvalue weighted by Crippen LogP contribution is -2.27. The van der Waals surface area contributed by atoms with Crippen LogP contribution in [0.3, 0.4) is 0 Å². The molecule has 6 heteroatoms. The molecule has 0 unspecified atom stereocenters. The van der Waals surface area contributed by atoms with Crippen molar-refractivity contribution in [1.29, 1.82) is 0 Å². The summed E-state index contributed by atoms with van der Waals surface area (Å²) in [4.78, 5) is 13.2. The average Bonchev–Trinajstić information content (AvgIpc) is 3.20. The molecule has 3 rings (SSSR count). The quantitative estimate of drug-likeness (QED) is 0.412. The SMILES string of the molecule is C=CCOc1cccc2c1cc(C(=O)NCCc1ccc(OC)c(OC)c1)n2CC=C(C)C. The number of amides is 1. The molecule has 0 saturated heterocycles. The number of ether oxygens (including phenoxy) is 3. The lowest BCUT2D eigenvalue weighted by Gasteiger charge is -2.11. The summed E-state index contributed by atoms with van der Waals surface area (Å²) >= 11 is 0. The maximum Gasteiger partial charge on any atom is 0.267 e. The number of allylic oxidation sites excluding steroid dienone is 2. The molecule has 1 amide bonds. The lowest BCUT2D eigenvalue weighted by atomic mass is 10.1. The van der Waals surface area contributed by atoms with Crippen molar-refractivity contribution in [2.45, 2.75) is 26.8 Å². The predicted molar refractivity (Wildman–Crippen MR) is 133 cm³/mol. The molecule has 33 heavy (non-hydrogen) atoms. The van der Waals surface area contributed by atoms with Crippen LogP contribution in [0.25, 0.3) is 10.9 Å². The van der Waals surface area contributed by atoms with Crippen molar-refractivity contribution in [2.24, 2.45) is 0 Å². The van der Waals surface area contributed by atoms with E-state index in [0.29, 0.717) is 43.3 Å². The third-order valence-corrected chi connectivity index (χ3v) is 5.32. The topological polar surface area (TPSA) is 61.7 Å². The van der Waals surface area contributed by atoms with Crippen molar-refractivity contribution in [3.05, 3.63) is 78.0 Å². The van der Waals surface area contributed by atoms with Crippen LogP contribution >= 0.6 is 0 Å². The zero-order valence-electron chi connectivity index (χ0n) is 19.8. The Morgan fingerprint density at radius 2 is 1.85 bits per heavy atom. The number of hydrogen-bond donors (Lipinski definition) is 1. The molecule has 0 aliphatic heterocycles. The number of nitrogens with zero attached hydrogens (tertiary/aromatic N) is 1. The highest BCUT2D eigenvalue weighted by Crippen LogP contribution is 2.30. The molecule has 6 nitrogen and oxygen atoms in total. The Morgan fingerprint density at radius 1 is 1.06 bits per heavy atom. The van der Waals surface area contributed by atoms with E-state index in [-0.39, 0.29) is 5.91 Å².